The van der Waals surface area contributed by atoms with Crippen molar-refractivity contribution in [1.82, 2.24) is 16.0 Å². The maximum atomic E-state index is 13.0. The molecule has 5 saturated heterocycles. The van der Waals surface area contributed by atoms with E-state index in [0.29, 0.717) is 0 Å². The van der Waals surface area contributed by atoms with Gasteiger partial charge in [0.1, 0.15) is 110 Å². The van der Waals surface area contributed by atoms with Crippen molar-refractivity contribution in [2.45, 2.75) is 193 Å². The number of hydrogen-bond acceptors (Lipinski definition) is 27. The molecule has 0 aliphatic carbocycles. The van der Waals surface area contributed by atoms with Gasteiger partial charge in [-0.2, -0.15) is 0 Å². The number of aliphatic carboxylic acids is 1. The van der Waals surface area contributed by atoms with E-state index < -0.39 is 215 Å². The van der Waals surface area contributed by atoms with Crippen LogP contribution < -0.4 is 16.0 Å². The number of aliphatic hydroxyl groups is 14. The Morgan fingerprint density at radius 1 is 0.600 bits per heavy atom. The predicted octanol–water partition coefficient (Wildman–Crippen LogP) is -11.3. The van der Waals surface area contributed by atoms with E-state index in [2.05, 4.69) is 16.0 Å². The Hall–Kier alpha value is -3.04. The van der Waals surface area contributed by atoms with Crippen LogP contribution in [0.4, 0.5) is 0 Å². The molecule has 31 nitrogen and oxygen atoms in total. The second-order valence-corrected chi connectivity index (χ2v) is 17.6. The van der Waals surface area contributed by atoms with Gasteiger partial charge in [-0.1, -0.05) is 0 Å². The van der Waals surface area contributed by atoms with Crippen molar-refractivity contribution in [3.63, 3.8) is 0 Å². The second-order valence-electron chi connectivity index (χ2n) is 17.6. The zero-order chi connectivity index (χ0) is 52.3. The standard InChI is InChI=1S/C39H65N3O28/c1-10-22(51)26(55)28(57)36(63-10)69-33-21(42-13(4)48)35(66-17(8-45)30(33)67-37-29(58)27(56)24(53)16(7-44)65-37)68-31-20(41-12(3)47)34(59)64-18(25(31)54)9-62-39(38(60)61)5-14(49)19(40-11(2)46)32(70-39)23(52)15(50)6-43/h10,14-37,43-45,49-59H,5-9H2,1-4H3,(H,40,46)(H,41,47)(H,42,48)(H,60,61)/t10-,14-,15+,16+,17+,18+,19+,20+,21+,22+,23+,24-,25-,26+,27-,28-,29+,30+,31+,32+,33+,34?,35-,36-,37-,39+/m0/s1. The fourth-order valence-corrected chi connectivity index (χ4v) is 8.77. The van der Waals surface area contributed by atoms with Gasteiger partial charge in [0.25, 0.3) is 5.79 Å². The second kappa shape index (κ2) is 24.3. The highest BCUT2D eigenvalue weighted by atomic mass is 16.8. The number of carbonyl (C=O) groups is 4. The number of amides is 3. The molecule has 3 amide bonds. The summed E-state index contributed by atoms with van der Waals surface area (Å²) in [4.78, 5) is 50.3. The molecule has 404 valence electrons. The van der Waals surface area contributed by atoms with Crippen LogP contribution in [0.5, 0.6) is 0 Å². The lowest BCUT2D eigenvalue weighted by Crippen LogP contribution is -2.72. The van der Waals surface area contributed by atoms with E-state index in [4.69, 9.17) is 42.6 Å². The third-order valence-electron chi connectivity index (χ3n) is 12.5. The van der Waals surface area contributed by atoms with E-state index in [9.17, 15) is 95.8 Å². The molecule has 1 unspecified atom stereocenters. The minimum absolute atomic E-state index is 0.782. The minimum atomic E-state index is -2.99. The van der Waals surface area contributed by atoms with Crippen LogP contribution in [0.1, 0.15) is 34.1 Å². The van der Waals surface area contributed by atoms with Gasteiger partial charge < -0.3 is 135 Å². The summed E-state index contributed by atoms with van der Waals surface area (Å²) in [5, 5.41) is 167. The van der Waals surface area contributed by atoms with Crippen LogP contribution in [0.2, 0.25) is 0 Å². The SMILES string of the molecule is CC(=O)N[C@H]1[C@H](O[C@H]2[C@@H](O)[C@@H](CO[C@]3(C(=O)O)C[C@H](O)[C@@H](NC(C)=O)[C@H]([C@H](O)[C@H](O)CO)O3)OC(O)[C@@H]2NC(C)=O)O[C@H](CO)[C@@H](O[C@@H]2O[C@H](CO)[C@H](O)[C@H](O)[C@H]2O)[C@@H]1O[C@@H]1O[C@@H](C)[C@@H](O)[C@@H](O)[C@@H]1O. The van der Waals surface area contributed by atoms with E-state index in [-0.39, 0.29) is 0 Å². The molecule has 0 saturated carbocycles. The Morgan fingerprint density at radius 3 is 1.67 bits per heavy atom. The summed E-state index contributed by atoms with van der Waals surface area (Å²) in [5.74, 6) is -7.48. The summed E-state index contributed by atoms with van der Waals surface area (Å²) in [6.07, 6.45) is -43.1. The molecule has 18 N–H and O–H groups in total. The van der Waals surface area contributed by atoms with Crippen molar-refractivity contribution in [2.75, 3.05) is 26.4 Å². The van der Waals surface area contributed by atoms with Crippen molar-refractivity contribution in [3.8, 4) is 0 Å². The van der Waals surface area contributed by atoms with Crippen molar-refractivity contribution in [1.29, 1.82) is 0 Å². The van der Waals surface area contributed by atoms with E-state index in [0.717, 1.165) is 20.8 Å². The van der Waals surface area contributed by atoms with Crippen molar-refractivity contribution in [3.05, 3.63) is 0 Å². The Bertz CT molecular complexity index is 1760. The molecule has 0 aromatic heterocycles. The van der Waals surface area contributed by atoms with E-state index in [1.54, 1.807) is 0 Å². The Balaban J connectivity index is 1.52. The lowest BCUT2D eigenvalue weighted by atomic mass is 9.88. The molecule has 26 atom stereocenters. The number of hydrogen-bond donors (Lipinski definition) is 18. The monoisotopic (exact) mass is 1020 g/mol. The average molecular weight is 1020 g/mol. The number of nitrogens with one attached hydrogen (secondary N) is 3. The van der Waals surface area contributed by atoms with Crippen LogP contribution in [-0.2, 0) is 61.8 Å². The normalized spacial score (nSPS) is 45.5. The van der Waals surface area contributed by atoms with Crippen molar-refractivity contribution >= 4 is 23.7 Å². The predicted molar refractivity (Wildman–Crippen MR) is 217 cm³/mol. The molecule has 0 spiro atoms. The lowest BCUT2D eigenvalue weighted by molar-refractivity contribution is -0.382. The van der Waals surface area contributed by atoms with Crippen LogP contribution in [0, 0.1) is 0 Å². The van der Waals surface area contributed by atoms with Gasteiger partial charge in [0.05, 0.1) is 44.7 Å². The van der Waals surface area contributed by atoms with Crippen LogP contribution >= 0.6 is 0 Å². The van der Waals surface area contributed by atoms with Crippen LogP contribution in [0.15, 0.2) is 0 Å². The molecule has 0 aromatic carbocycles. The number of ether oxygens (including phenoxy) is 9. The summed E-state index contributed by atoms with van der Waals surface area (Å²) in [6, 6.07) is -5.20. The summed E-state index contributed by atoms with van der Waals surface area (Å²) < 4.78 is 52.3. The summed E-state index contributed by atoms with van der Waals surface area (Å²) in [5.41, 5.74) is 0. The van der Waals surface area contributed by atoms with Gasteiger partial charge in [-0.3, -0.25) is 14.4 Å². The van der Waals surface area contributed by atoms with Crippen LogP contribution in [0.25, 0.3) is 0 Å². The van der Waals surface area contributed by atoms with Crippen molar-refractivity contribution < 1.29 is 138 Å². The average Bonchev–Trinajstić information content (AvgIpc) is 3.30. The highest BCUT2D eigenvalue weighted by molar-refractivity contribution is 5.77. The quantitative estimate of drug-likeness (QED) is 0.0606. The van der Waals surface area contributed by atoms with Crippen LogP contribution in [0.3, 0.4) is 0 Å². The summed E-state index contributed by atoms with van der Waals surface area (Å²) >= 11 is 0. The summed E-state index contributed by atoms with van der Waals surface area (Å²) in [7, 11) is 0. The first-order chi connectivity index (χ1) is 32.8. The molecular weight excluding hydrogens is 958 g/mol. The van der Waals surface area contributed by atoms with E-state index >= 15 is 0 Å². The number of aliphatic hydroxyl groups excluding tert-OH is 14. The van der Waals surface area contributed by atoms with Gasteiger partial charge in [0.2, 0.25) is 17.7 Å². The fourth-order valence-electron chi connectivity index (χ4n) is 8.77. The highest BCUT2D eigenvalue weighted by Gasteiger charge is 2.59. The third-order valence-corrected chi connectivity index (χ3v) is 12.5. The maximum Gasteiger partial charge on any atom is 0.364 e. The lowest BCUT2D eigenvalue weighted by Gasteiger charge is -2.51. The molecule has 5 aliphatic rings. The number of carboxylic acid groups (broad SMARTS) is 1. The fraction of sp³-hybridized carbons (Fsp3) is 0.897. The molecule has 0 radical (unpaired) electrons. The first kappa shape index (κ1) is 57.9. The van der Waals surface area contributed by atoms with Gasteiger partial charge >= 0.3 is 5.97 Å². The zero-order valence-corrected chi connectivity index (χ0v) is 38.0. The number of rotatable bonds is 18. The molecule has 5 heterocycles. The van der Waals surface area contributed by atoms with E-state index in [1.165, 1.54) is 6.92 Å². The van der Waals surface area contributed by atoms with Gasteiger partial charge in [-0.15, -0.1) is 0 Å². The molecule has 5 rings (SSSR count). The zero-order valence-electron chi connectivity index (χ0n) is 38.0. The smallest absolute Gasteiger partial charge is 0.364 e. The number of carboxylic acids is 1. The third kappa shape index (κ3) is 12.6. The molecule has 31 heteroatoms. The first-order valence-corrected chi connectivity index (χ1v) is 22.1. The maximum absolute atomic E-state index is 13.0. The van der Waals surface area contributed by atoms with Gasteiger partial charge in [0, 0.05) is 27.2 Å². The van der Waals surface area contributed by atoms with Crippen LogP contribution in [-0.4, -0.2) is 286 Å². The van der Waals surface area contributed by atoms with Gasteiger partial charge in [-0.25, -0.2) is 4.79 Å². The topological polar surface area (TPSA) is 491 Å². The minimum Gasteiger partial charge on any atom is -0.477 e. The Labute approximate surface area is 397 Å². The van der Waals surface area contributed by atoms with E-state index in [1.807, 2.05) is 0 Å². The van der Waals surface area contributed by atoms with Gasteiger partial charge in [-0.05, 0) is 6.92 Å². The molecule has 5 fully saturated rings. The van der Waals surface area contributed by atoms with Gasteiger partial charge in [0.15, 0.2) is 25.2 Å². The number of carbonyl (C=O) groups excluding carboxylic acids is 3. The molecule has 0 bridgehead atoms. The summed E-state index contributed by atoms with van der Waals surface area (Å²) in [6.45, 7) is 0.107. The molecular formula is C39H65N3O28. The molecule has 0 aromatic rings. The Kier molecular flexibility index (Phi) is 20.1. The van der Waals surface area contributed by atoms with Crippen molar-refractivity contribution in [2.24, 2.45) is 0 Å². The largest absolute Gasteiger partial charge is 0.477 e. The molecule has 5 aliphatic heterocycles. The first-order valence-electron chi connectivity index (χ1n) is 22.1. The Morgan fingerprint density at radius 2 is 1.11 bits per heavy atom. The molecule has 70 heavy (non-hydrogen) atoms. The highest BCUT2D eigenvalue weighted by Crippen LogP contribution is 2.38.